The first kappa shape index (κ1) is 17.8. The molecule has 1 amide bonds. The molecule has 3 heteroatoms. The average molecular weight is 323 g/mol. The molecule has 0 aliphatic carbocycles. The molecule has 0 unspecified atom stereocenters. The predicted octanol–water partition coefficient (Wildman–Crippen LogP) is 5.19. The van der Waals surface area contributed by atoms with Gasteiger partial charge in [-0.2, -0.15) is 0 Å². The highest BCUT2D eigenvalue weighted by Gasteiger charge is 2.14. The van der Waals surface area contributed by atoms with Crippen molar-refractivity contribution in [2.24, 2.45) is 0 Å². The van der Waals surface area contributed by atoms with Gasteiger partial charge in [-0.05, 0) is 47.7 Å². The Hall–Kier alpha value is -2.55. The van der Waals surface area contributed by atoms with Crippen LogP contribution >= 0.6 is 0 Å². The van der Waals surface area contributed by atoms with Gasteiger partial charge in [0.15, 0.2) is 0 Å². The fourth-order valence-electron chi connectivity index (χ4n) is 2.20. The third kappa shape index (κ3) is 4.98. The second kappa shape index (κ2) is 7.35. The van der Waals surface area contributed by atoms with Gasteiger partial charge >= 0.3 is 0 Å². The highest BCUT2D eigenvalue weighted by atomic mass is 16.5. The molecular formula is C21H25NO2. The molecule has 0 saturated heterocycles. The third-order valence-electron chi connectivity index (χ3n) is 3.59. The van der Waals surface area contributed by atoms with E-state index in [9.17, 15) is 4.79 Å². The van der Waals surface area contributed by atoms with Crippen molar-refractivity contribution in [3.05, 3.63) is 71.8 Å². The Kier molecular flexibility index (Phi) is 5.45. The molecule has 2 aromatic rings. The van der Waals surface area contributed by atoms with Crippen molar-refractivity contribution in [2.75, 3.05) is 11.9 Å². The van der Waals surface area contributed by atoms with Gasteiger partial charge in [-0.25, -0.2) is 0 Å². The van der Waals surface area contributed by atoms with Gasteiger partial charge in [-0.15, -0.1) is 0 Å². The quantitative estimate of drug-likeness (QED) is 0.769. The zero-order valence-electron chi connectivity index (χ0n) is 14.8. The number of hydrogen-bond donors (Lipinski definition) is 1. The van der Waals surface area contributed by atoms with Gasteiger partial charge in [0.25, 0.3) is 5.91 Å². The summed E-state index contributed by atoms with van der Waals surface area (Å²) in [6.07, 6.45) is 0. The molecular weight excluding hydrogens is 298 g/mol. The second-order valence-electron chi connectivity index (χ2n) is 7.06. The summed E-state index contributed by atoms with van der Waals surface area (Å²) in [5.74, 6) is 0.575. The molecule has 0 fully saturated rings. The van der Waals surface area contributed by atoms with Crippen molar-refractivity contribution in [3.8, 4) is 5.75 Å². The van der Waals surface area contributed by atoms with E-state index in [1.54, 1.807) is 0 Å². The molecule has 0 spiro atoms. The molecule has 0 aliphatic rings. The summed E-state index contributed by atoms with van der Waals surface area (Å²) in [6, 6.07) is 15.1. The maximum atomic E-state index is 12.4. The topological polar surface area (TPSA) is 38.3 Å². The van der Waals surface area contributed by atoms with Crippen LogP contribution in [0.3, 0.4) is 0 Å². The van der Waals surface area contributed by atoms with Gasteiger partial charge in [0.1, 0.15) is 12.4 Å². The monoisotopic (exact) mass is 323 g/mol. The molecule has 2 aromatic carbocycles. The lowest BCUT2D eigenvalue weighted by Crippen LogP contribution is -2.14. The summed E-state index contributed by atoms with van der Waals surface area (Å²) in [7, 11) is 0. The molecule has 0 aromatic heterocycles. The minimum atomic E-state index is -0.132. The van der Waals surface area contributed by atoms with E-state index in [1.165, 1.54) is 5.56 Å². The van der Waals surface area contributed by atoms with Gasteiger partial charge in [0.2, 0.25) is 0 Å². The molecule has 0 bridgehead atoms. The molecule has 3 nitrogen and oxygen atoms in total. The Morgan fingerprint density at radius 2 is 1.79 bits per heavy atom. The van der Waals surface area contributed by atoms with Crippen LogP contribution in [-0.4, -0.2) is 12.5 Å². The van der Waals surface area contributed by atoms with Gasteiger partial charge in [-0.1, -0.05) is 45.5 Å². The minimum absolute atomic E-state index is 0.0734. The SMILES string of the molecule is C=C(C)COc1cccc(NC(=O)c2ccc(C(C)(C)C)cc2)c1. The van der Waals surface area contributed by atoms with Gasteiger partial charge in [0.05, 0.1) is 0 Å². The fourth-order valence-corrected chi connectivity index (χ4v) is 2.20. The summed E-state index contributed by atoms with van der Waals surface area (Å²) in [5.41, 5.74) is 3.57. The molecule has 0 radical (unpaired) electrons. The molecule has 2 rings (SSSR count). The van der Waals surface area contributed by atoms with Crippen LogP contribution in [0.1, 0.15) is 43.6 Å². The molecule has 0 heterocycles. The maximum absolute atomic E-state index is 12.4. The Morgan fingerprint density at radius 1 is 1.12 bits per heavy atom. The highest BCUT2D eigenvalue weighted by Crippen LogP contribution is 2.23. The fraction of sp³-hybridized carbons (Fsp3) is 0.286. The Bertz CT molecular complexity index is 724. The lowest BCUT2D eigenvalue weighted by Gasteiger charge is -2.19. The summed E-state index contributed by atoms with van der Waals surface area (Å²) in [6.45, 7) is 12.6. The molecule has 126 valence electrons. The third-order valence-corrected chi connectivity index (χ3v) is 3.59. The Labute approximate surface area is 144 Å². The highest BCUT2D eigenvalue weighted by molar-refractivity contribution is 6.04. The van der Waals surface area contributed by atoms with Gasteiger partial charge in [-0.3, -0.25) is 4.79 Å². The predicted molar refractivity (Wildman–Crippen MR) is 99.8 cm³/mol. The van der Waals surface area contributed by atoms with Crippen molar-refractivity contribution in [2.45, 2.75) is 33.1 Å². The lowest BCUT2D eigenvalue weighted by molar-refractivity contribution is 0.102. The van der Waals surface area contributed by atoms with Crippen molar-refractivity contribution in [3.63, 3.8) is 0 Å². The van der Waals surface area contributed by atoms with E-state index in [2.05, 4.69) is 32.7 Å². The van der Waals surface area contributed by atoms with Gasteiger partial charge < -0.3 is 10.1 Å². The first-order valence-electron chi connectivity index (χ1n) is 8.05. The summed E-state index contributed by atoms with van der Waals surface area (Å²) < 4.78 is 5.60. The molecule has 0 aliphatic heterocycles. The number of carbonyl (C=O) groups excluding carboxylic acids is 1. The zero-order valence-corrected chi connectivity index (χ0v) is 14.8. The van der Waals surface area contributed by atoms with Crippen LogP contribution in [0.25, 0.3) is 0 Å². The number of ether oxygens (including phenoxy) is 1. The number of benzene rings is 2. The average Bonchev–Trinajstić information content (AvgIpc) is 2.52. The maximum Gasteiger partial charge on any atom is 0.255 e. The van der Waals surface area contributed by atoms with E-state index in [4.69, 9.17) is 4.74 Å². The van der Waals surface area contributed by atoms with Crippen molar-refractivity contribution < 1.29 is 9.53 Å². The largest absolute Gasteiger partial charge is 0.489 e. The minimum Gasteiger partial charge on any atom is -0.489 e. The normalized spacial score (nSPS) is 11.0. The van der Waals surface area contributed by atoms with Crippen molar-refractivity contribution in [1.82, 2.24) is 0 Å². The van der Waals surface area contributed by atoms with E-state index in [1.807, 2.05) is 55.5 Å². The summed E-state index contributed by atoms with van der Waals surface area (Å²) in [5, 5.41) is 2.90. The van der Waals surface area contributed by atoms with Crippen LogP contribution < -0.4 is 10.1 Å². The van der Waals surface area contributed by atoms with Crippen molar-refractivity contribution >= 4 is 11.6 Å². The number of amides is 1. The molecule has 0 saturated carbocycles. The van der Waals surface area contributed by atoms with Crippen LogP contribution in [0.4, 0.5) is 5.69 Å². The Balaban J connectivity index is 2.06. The smallest absolute Gasteiger partial charge is 0.255 e. The van der Waals surface area contributed by atoms with Crippen LogP contribution in [0.5, 0.6) is 5.75 Å². The van der Waals surface area contributed by atoms with Gasteiger partial charge in [0, 0.05) is 17.3 Å². The van der Waals surface area contributed by atoms with Crippen LogP contribution in [0, 0.1) is 0 Å². The number of anilines is 1. The summed E-state index contributed by atoms with van der Waals surface area (Å²) in [4.78, 5) is 12.4. The van der Waals surface area contributed by atoms with Crippen LogP contribution in [0.15, 0.2) is 60.7 Å². The van der Waals surface area contributed by atoms with E-state index >= 15 is 0 Å². The van der Waals surface area contributed by atoms with E-state index in [0.29, 0.717) is 23.6 Å². The van der Waals surface area contributed by atoms with E-state index in [0.717, 1.165) is 5.57 Å². The first-order chi connectivity index (χ1) is 11.3. The number of nitrogens with one attached hydrogen (secondary N) is 1. The standard InChI is InChI=1S/C21H25NO2/c1-15(2)14-24-19-8-6-7-18(13-19)22-20(23)16-9-11-17(12-10-16)21(3,4)5/h6-13H,1,14H2,2-5H3,(H,22,23). The van der Waals surface area contributed by atoms with E-state index in [-0.39, 0.29) is 11.3 Å². The van der Waals surface area contributed by atoms with E-state index < -0.39 is 0 Å². The van der Waals surface area contributed by atoms with Crippen molar-refractivity contribution in [1.29, 1.82) is 0 Å². The number of rotatable bonds is 5. The number of carbonyl (C=O) groups is 1. The molecule has 0 atom stereocenters. The number of hydrogen-bond acceptors (Lipinski definition) is 2. The molecule has 24 heavy (non-hydrogen) atoms. The van der Waals surface area contributed by atoms with Crippen LogP contribution in [-0.2, 0) is 5.41 Å². The second-order valence-corrected chi connectivity index (χ2v) is 7.06. The summed E-state index contributed by atoms with van der Waals surface area (Å²) >= 11 is 0. The van der Waals surface area contributed by atoms with Crippen LogP contribution in [0.2, 0.25) is 0 Å². The Morgan fingerprint density at radius 3 is 2.38 bits per heavy atom. The zero-order chi connectivity index (χ0) is 17.7. The lowest BCUT2D eigenvalue weighted by atomic mass is 9.87. The first-order valence-corrected chi connectivity index (χ1v) is 8.05. The molecule has 1 N–H and O–H groups in total.